The van der Waals surface area contributed by atoms with Crippen LogP contribution in [0.5, 0.6) is 0 Å². The molecule has 1 rings (SSSR count). The lowest BCUT2D eigenvalue weighted by Crippen LogP contribution is -2.28. The molecule has 0 aliphatic carbocycles. The fraction of sp³-hybridized carbons (Fsp3) is 0.429. The molecule has 0 spiro atoms. The Balaban J connectivity index is 2.79. The van der Waals surface area contributed by atoms with Crippen LogP contribution in [0, 0.1) is 0 Å². The summed E-state index contributed by atoms with van der Waals surface area (Å²) < 4.78 is 0. The quantitative estimate of drug-likeness (QED) is 0.626. The third-order valence-electron chi connectivity index (χ3n) is 3.54. The number of hydrogen-bond donors (Lipinski definition) is 0. The average Bonchev–Trinajstić information content (AvgIpc) is 2.33. The molecule has 0 aliphatic rings. The molecule has 1 aromatic rings. The van der Waals surface area contributed by atoms with E-state index in [1.807, 2.05) is 0 Å². The van der Waals surface area contributed by atoms with Gasteiger partial charge in [0.2, 0.25) is 0 Å². The SMILES string of the molecule is CC[Si](/C=C/c1ccccc1)(CC)CC. The van der Waals surface area contributed by atoms with Gasteiger partial charge in [-0.2, -0.15) is 0 Å². The lowest BCUT2D eigenvalue weighted by atomic mass is 10.2. The van der Waals surface area contributed by atoms with Crippen molar-refractivity contribution in [1.29, 1.82) is 0 Å². The van der Waals surface area contributed by atoms with Gasteiger partial charge in [-0.15, -0.1) is 0 Å². The van der Waals surface area contributed by atoms with Gasteiger partial charge in [0.1, 0.15) is 0 Å². The smallest absolute Gasteiger partial charge is 0.0770 e. The molecule has 1 heteroatoms. The third-order valence-corrected chi connectivity index (χ3v) is 8.64. The van der Waals surface area contributed by atoms with E-state index in [1.54, 1.807) is 0 Å². The maximum absolute atomic E-state index is 2.53. The van der Waals surface area contributed by atoms with Gasteiger partial charge in [-0.05, 0) is 5.56 Å². The summed E-state index contributed by atoms with van der Waals surface area (Å²) in [7, 11) is -1.08. The van der Waals surface area contributed by atoms with E-state index < -0.39 is 8.07 Å². The highest BCUT2D eigenvalue weighted by Gasteiger charge is 2.22. The van der Waals surface area contributed by atoms with Crippen molar-refractivity contribution in [2.24, 2.45) is 0 Å². The summed E-state index contributed by atoms with van der Waals surface area (Å²) in [6, 6.07) is 14.7. The summed E-state index contributed by atoms with van der Waals surface area (Å²) >= 11 is 0. The summed E-state index contributed by atoms with van der Waals surface area (Å²) in [5.41, 5.74) is 3.87. The van der Waals surface area contributed by atoms with Crippen LogP contribution in [0.25, 0.3) is 6.08 Å². The van der Waals surface area contributed by atoms with Crippen LogP contribution in [0.4, 0.5) is 0 Å². The second-order valence-electron chi connectivity index (χ2n) is 4.17. The van der Waals surface area contributed by atoms with Crippen LogP contribution in [0.1, 0.15) is 26.3 Å². The molecule has 0 nitrogen and oxygen atoms in total. The molecule has 0 saturated carbocycles. The Labute approximate surface area is 95.0 Å². The Kier molecular flexibility index (Phi) is 4.83. The van der Waals surface area contributed by atoms with Gasteiger partial charge in [0.15, 0.2) is 0 Å². The molecule has 0 radical (unpaired) electrons. The molecular formula is C14H22Si. The second-order valence-corrected chi connectivity index (χ2v) is 9.35. The van der Waals surface area contributed by atoms with Crippen molar-refractivity contribution < 1.29 is 0 Å². The van der Waals surface area contributed by atoms with Gasteiger partial charge in [-0.3, -0.25) is 0 Å². The van der Waals surface area contributed by atoms with Gasteiger partial charge in [0.05, 0.1) is 8.07 Å². The van der Waals surface area contributed by atoms with Crippen LogP contribution >= 0.6 is 0 Å². The van der Waals surface area contributed by atoms with Crippen LogP contribution in [-0.4, -0.2) is 8.07 Å². The maximum atomic E-state index is 2.53. The van der Waals surface area contributed by atoms with Crippen molar-refractivity contribution in [3.05, 3.63) is 41.6 Å². The molecule has 15 heavy (non-hydrogen) atoms. The van der Waals surface area contributed by atoms with Gasteiger partial charge in [0.25, 0.3) is 0 Å². The molecule has 82 valence electrons. The Morgan fingerprint density at radius 1 is 0.933 bits per heavy atom. The molecule has 0 unspecified atom stereocenters. The summed E-state index contributed by atoms with van der Waals surface area (Å²) in [5.74, 6) is 0. The molecule has 0 aliphatic heterocycles. The second kappa shape index (κ2) is 5.91. The minimum atomic E-state index is -1.08. The number of rotatable bonds is 5. The van der Waals surface area contributed by atoms with Crippen molar-refractivity contribution in [2.75, 3.05) is 0 Å². The monoisotopic (exact) mass is 218 g/mol. The van der Waals surface area contributed by atoms with Crippen molar-refractivity contribution in [2.45, 2.75) is 38.9 Å². The van der Waals surface area contributed by atoms with E-state index in [9.17, 15) is 0 Å². The zero-order valence-corrected chi connectivity index (χ0v) is 11.2. The molecule has 0 atom stereocenters. The van der Waals surface area contributed by atoms with Crippen molar-refractivity contribution >= 4 is 14.1 Å². The Morgan fingerprint density at radius 2 is 1.47 bits per heavy atom. The van der Waals surface area contributed by atoms with E-state index >= 15 is 0 Å². The summed E-state index contributed by atoms with van der Waals surface area (Å²) in [4.78, 5) is 0. The fourth-order valence-corrected chi connectivity index (χ4v) is 4.69. The molecule has 1 aromatic carbocycles. The Hall–Kier alpha value is -0.823. The van der Waals surface area contributed by atoms with Crippen molar-refractivity contribution in [3.63, 3.8) is 0 Å². The van der Waals surface area contributed by atoms with Gasteiger partial charge in [-0.1, -0.05) is 81.0 Å². The van der Waals surface area contributed by atoms with Gasteiger partial charge in [0, 0.05) is 0 Å². The Morgan fingerprint density at radius 3 is 1.93 bits per heavy atom. The molecule has 0 bridgehead atoms. The van der Waals surface area contributed by atoms with E-state index in [4.69, 9.17) is 0 Å². The van der Waals surface area contributed by atoms with E-state index in [0.29, 0.717) is 0 Å². The number of hydrogen-bond acceptors (Lipinski definition) is 0. The van der Waals surface area contributed by atoms with Crippen LogP contribution in [0.3, 0.4) is 0 Å². The first-order chi connectivity index (χ1) is 7.26. The molecular weight excluding hydrogens is 196 g/mol. The van der Waals surface area contributed by atoms with Gasteiger partial charge < -0.3 is 0 Å². The predicted molar refractivity (Wildman–Crippen MR) is 72.7 cm³/mol. The highest BCUT2D eigenvalue weighted by Crippen LogP contribution is 2.22. The van der Waals surface area contributed by atoms with Gasteiger partial charge >= 0.3 is 0 Å². The zero-order valence-electron chi connectivity index (χ0n) is 10.2. The summed E-state index contributed by atoms with van der Waals surface area (Å²) in [5, 5.41) is 0. The average molecular weight is 218 g/mol. The van der Waals surface area contributed by atoms with E-state index in [2.05, 4.69) is 62.9 Å². The largest absolute Gasteiger partial charge is 0.0936 e. The summed E-state index contributed by atoms with van der Waals surface area (Å²) in [6.45, 7) is 7.03. The predicted octanol–water partition coefficient (Wildman–Crippen LogP) is 4.75. The molecule has 0 N–H and O–H groups in total. The van der Waals surface area contributed by atoms with E-state index in [0.717, 1.165) is 0 Å². The normalized spacial score (nSPS) is 12.2. The van der Waals surface area contributed by atoms with Crippen molar-refractivity contribution in [1.82, 2.24) is 0 Å². The highest BCUT2D eigenvalue weighted by molar-refractivity contribution is 6.84. The zero-order chi connectivity index (χ0) is 11.1. The van der Waals surface area contributed by atoms with Crippen LogP contribution in [0.2, 0.25) is 18.1 Å². The molecule has 0 amide bonds. The third kappa shape index (κ3) is 3.35. The summed E-state index contributed by atoms with van der Waals surface area (Å²) in [6.07, 6.45) is 2.32. The van der Waals surface area contributed by atoms with E-state index in [1.165, 1.54) is 23.7 Å². The lowest BCUT2D eigenvalue weighted by Gasteiger charge is -2.23. The van der Waals surface area contributed by atoms with Crippen LogP contribution in [0.15, 0.2) is 36.0 Å². The van der Waals surface area contributed by atoms with Crippen molar-refractivity contribution in [3.8, 4) is 0 Å². The fourth-order valence-electron chi connectivity index (χ4n) is 1.94. The molecule has 0 heterocycles. The van der Waals surface area contributed by atoms with Crippen LogP contribution < -0.4 is 0 Å². The minimum absolute atomic E-state index is 1.08. The van der Waals surface area contributed by atoms with Crippen LogP contribution in [-0.2, 0) is 0 Å². The first-order valence-electron chi connectivity index (χ1n) is 6.00. The minimum Gasteiger partial charge on any atom is -0.0936 e. The molecule has 0 fully saturated rings. The topological polar surface area (TPSA) is 0 Å². The first-order valence-corrected chi connectivity index (χ1v) is 8.70. The standard InChI is InChI=1S/C14H22Si/c1-4-15(5-2,6-3)13-12-14-10-8-7-9-11-14/h7-13H,4-6H2,1-3H3/b13-12+. The molecule has 0 saturated heterocycles. The maximum Gasteiger partial charge on any atom is 0.0770 e. The Bertz CT molecular complexity index is 288. The molecule has 0 aromatic heterocycles. The highest BCUT2D eigenvalue weighted by atomic mass is 28.3. The lowest BCUT2D eigenvalue weighted by molar-refractivity contribution is 1.20. The van der Waals surface area contributed by atoms with Gasteiger partial charge in [-0.25, -0.2) is 0 Å². The van der Waals surface area contributed by atoms with E-state index in [-0.39, 0.29) is 0 Å². The number of benzene rings is 1. The first kappa shape index (κ1) is 12.2.